The minimum absolute atomic E-state index is 0.163. The van der Waals surface area contributed by atoms with Crippen LogP contribution in [0.2, 0.25) is 0 Å². The molecule has 0 aromatic carbocycles. The van der Waals surface area contributed by atoms with Crippen molar-refractivity contribution in [2.24, 2.45) is 11.7 Å². The third-order valence-corrected chi connectivity index (χ3v) is 2.66. The molecule has 3 N–H and O–H groups in total. The van der Waals surface area contributed by atoms with Gasteiger partial charge in [0.05, 0.1) is 12.6 Å². The first-order valence-corrected chi connectivity index (χ1v) is 5.43. The zero-order chi connectivity index (χ0) is 11.3. The molecule has 1 unspecified atom stereocenters. The lowest BCUT2D eigenvalue weighted by Gasteiger charge is -2.26. The van der Waals surface area contributed by atoms with Gasteiger partial charge in [-0.2, -0.15) is 0 Å². The van der Waals surface area contributed by atoms with Gasteiger partial charge in [-0.3, -0.25) is 4.79 Å². The second-order valence-corrected chi connectivity index (χ2v) is 4.25. The van der Waals surface area contributed by atoms with E-state index in [0.29, 0.717) is 18.2 Å². The fourth-order valence-corrected chi connectivity index (χ4v) is 1.66. The molecule has 0 radical (unpaired) electrons. The highest BCUT2D eigenvalue weighted by molar-refractivity contribution is 6.29. The molecular weight excluding hydrogens is 216 g/mol. The molecule has 15 heavy (non-hydrogen) atoms. The Morgan fingerprint density at radius 3 is 2.73 bits per heavy atom. The maximum atomic E-state index is 11.6. The van der Waals surface area contributed by atoms with Crippen molar-refractivity contribution in [3.8, 4) is 0 Å². The SMILES string of the molecule is C=C(Cl)CNC(=O)C(N)C1CCOCC1. The average Bonchev–Trinajstić information content (AvgIpc) is 2.26. The highest BCUT2D eigenvalue weighted by atomic mass is 35.5. The van der Waals surface area contributed by atoms with Crippen LogP contribution in [0.25, 0.3) is 0 Å². The van der Waals surface area contributed by atoms with Gasteiger partial charge < -0.3 is 15.8 Å². The second kappa shape index (κ2) is 6.10. The van der Waals surface area contributed by atoms with E-state index in [0.717, 1.165) is 12.8 Å². The molecule has 1 saturated heterocycles. The van der Waals surface area contributed by atoms with Crippen molar-refractivity contribution in [3.63, 3.8) is 0 Å². The Labute approximate surface area is 94.8 Å². The monoisotopic (exact) mass is 232 g/mol. The lowest BCUT2D eigenvalue weighted by Crippen LogP contribution is -2.47. The summed E-state index contributed by atoms with van der Waals surface area (Å²) in [6, 6.07) is -0.468. The number of hydrogen-bond donors (Lipinski definition) is 2. The number of carbonyl (C=O) groups excluding carboxylic acids is 1. The summed E-state index contributed by atoms with van der Waals surface area (Å²) in [7, 11) is 0. The molecule has 1 amide bonds. The van der Waals surface area contributed by atoms with Crippen LogP contribution in [-0.4, -0.2) is 31.7 Å². The maximum absolute atomic E-state index is 11.6. The standard InChI is InChI=1S/C10H17ClN2O2/c1-7(11)6-13-10(14)9(12)8-2-4-15-5-3-8/h8-9H,1-6,12H2,(H,13,14). The number of hydrogen-bond acceptors (Lipinski definition) is 3. The summed E-state index contributed by atoms with van der Waals surface area (Å²) >= 11 is 5.54. The summed E-state index contributed by atoms with van der Waals surface area (Å²) in [4.78, 5) is 11.6. The number of carbonyl (C=O) groups is 1. The number of ether oxygens (including phenoxy) is 1. The van der Waals surface area contributed by atoms with E-state index in [4.69, 9.17) is 22.1 Å². The zero-order valence-corrected chi connectivity index (χ0v) is 9.43. The lowest BCUT2D eigenvalue weighted by atomic mass is 9.92. The highest BCUT2D eigenvalue weighted by Crippen LogP contribution is 2.17. The van der Waals surface area contributed by atoms with Crippen LogP contribution in [0.15, 0.2) is 11.6 Å². The molecule has 0 bridgehead atoms. The van der Waals surface area contributed by atoms with Crippen LogP contribution in [0.3, 0.4) is 0 Å². The van der Waals surface area contributed by atoms with E-state index in [2.05, 4.69) is 11.9 Å². The Bertz CT molecular complexity index is 240. The van der Waals surface area contributed by atoms with Crippen LogP contribution < -0.4 is 11.1 Å². The average molecular weight is 233 g/mol. The first-order chi connectivity index (χ1) is 7.11. The molecule has 0 spiro atoms. The molecule has 1 aliphatic heterocycles. The van der Waals surface area contributed by atoms with Crippen molar-refractivity contribution in [2.75, 3.05) is 19.8 Å². The summed E-state index contributed by atoms with van der Waals surface area (Å²) in [6.45, 7) is 5.14. The fourth-order valence-electron chi connectivity index (χ4n) is 1.59. The largest absolute Gasteiger partial charge is 0.381 e. The maximum Gasteiger partial charge on any atom is 0.237 e. The van der Waals surface area contributed by atoms with Crippen molar-refractivity contribution in [1.29, 1.82) is 0 Å². The topological polar surface area (TPSA) is 64.4 Å². The van der Waals surface area contributed by atoms with Crippen molar-refractivity contribution in [3.05, 3.63) is 11.6 Å². The van der Waals surface area contributed by atoms with Gasteiger partial charge in [0, 0.05) is 18.2 Å². The predicted octanol–water partition coefficient (Wildman–Crippen LogP) is 0.609. The number of amides is 1. The van der Waals surface area contributed by atoms with Crippen LogP contribution in [0.1, 0.15) is 12.8 Å². The Kier molecular flexibility index (Phi) is 5.08. The molecule has 1 rings (SSSR count). The van der Waals surface area contributed by atoms with Crippen LogP contribution in [0.4, 0.5) is 0 Å². The molecule has 86 valence electrons. The Morgan fingerprint density at radius 1 is 1.60 bits per heavy atom. The smallest absolute Gasteiger partial charge is 0.237 e. The molecular formula is C10H17ClN2O2. The van der Waals surface area contributed by atoms with Gasteiger partial charge in [0.25, 0.3) is 0 Å². The molecule has 1 fully saturated rings. The quantitative estimate of drug-likeness (QED) is 0.747. The molecule has 1 atom stereocenters. The van der Waals surface area contributed by atoms with E-state index in [9.17, 15) is 4.79 Å². The lowest BCUT2D eigenvalue weighted by molar-refractivity contribution is -0.124. The summed E-state index contributed by atoms with van der Waals surface area (Å²) in [5.41, 5.74) is 5.84. The third-order valence-electron chi connectivity index (χ3n) is 2.53. The predicted molar refractivity (Wildman–Crippen MR) is 59.5 cm³/mol. The van der Waals surface area contributed by atoms with Gasteiger partial charge in [-0.25, -0.2) is 0 Å². The summed E-state index contributed by atoms with van der Waals surface area (Å²) in [5, 5.41) is 3.05. The normalized spacial score (nSPS) is 19.6. The van der Waals surface area contributed by atoms with Gasteiger partial charge in [0.2, 0.25) is 5.91 Å². The fraction of sp³-hybridized carbons (Fsp3) is 0.700. The first-order valence-electron chi connectivity index (χ1n) is 5.05. The Hall–Kier alpha value is -0.580. The molecule has 0 aliphatic carbocycles. The first kappa shape index (κ1) is 12.5. The van der Waals surface area contributed by atoms with Crippen molar-refractivity contribution in [2.45, 2.75) is 18.9 Å². The van der Waals surface area contributed by atoms with Crippen LogP contribution in [0.5, 0.6) is 0 Å². The van der Waals surface area contributed by atoms with E-state index >= 15 is 0 Å². The van der Waals surface area contributed by atoms with Crippen LogP contribution >= 0.6 is 11.6 Å². The van der Waals surface area contributed by atoms with E-state index in [1.807, 2.05) is 0 Å². The van der Waals surface area contributed by atoms with Crippen LogP contribution in [-0.2, 0) is 9.53 Å². The minimum atomic E-state index is -0.468. The number of nitrogens with one attached hydrogen (secondary N) is 1. The van der Waals surface area contributed by atoms with Crippen molar-refractivity contribution < 1.29 is 9.53 Å². The van der Waals surface area contributed by atoms with Gasteiger partial charge in [-0.1, -0.05) is 18.2 Å². The summed E-state index contributed by atoms with van der Waals surface area (Å²) in [6.07, 6.45) is 1.69. The Morgan fingerprint density at radius 2 is 2.20 bits per heavy atom. The second-order valence-electron chi connectivity index (χ2n) is 3.71. The van der Waals surface area contributed by atoms with Gasteiger partial charge >= 0.3 is 0 Å². The zero-order valence-electron chi connectivity index (χ0n) is 8.67. The van der Waals surface area contributed by atoms with Gasteiger partial charge in [0.1, 0.15) is 0 Å². The van der Waals surface area contributed by atoms with Crippen molar-refractivity contribution >= 4 is 17.5 Å². The van der Waals surface area contributed by atoms with Gasteiger partial charge in [-0.05, 0) is 18.8 Å². The number of halogens is 1. The van der Waals surface area contributed by atoms with Crippen molar-refractivity contribution in [1.82, 2.24) is 5.32 Å². The van der Waals surface area contributed by atoms with E-state index < -0.39 is 6.04 Å². The molecule has 0 aromatic heterocycles. The molecule has 0 saturated carbocycles. The summed E-state index contributed by atoms with van der Waals surface area (Å²) in [5.74, 6) is 0.0473. The van der Waals surface area contributed by atoms with E-state index in [-0.39, 0.29) is 18.4 Å². The summed E-state index contributed by atoms with van der Waals surface area (Å²) < 4.78 is 5.21. The molecule has 4 nitrogen and oxygen atoms in total. The number of nitrogens with two attached hydrogens (primary N) is 1. The van der Waals surface area contributed by atoms with Gasteiger partial charge in [-0.15, -0.1) is 0 Å². The highest BCUT2D eigenvalue weighted by Gasteiger charge is 2.26. The third kappa shape index (κ3) is 4.20. The molecule has 5 heteroatoms. The van der Waals surface area contributed by atoms with E-state index in [1.165, 1.54) is 0 Å². The van der Waals surface area contributed by atoms with Crippen LogP contribution in [0, 0.1) is 5.92 Å². The molecule has 1 heterocycles. The van der Waals surface area contributed by atoms with Gasteiger partial charge in [0.15, 0.2) is 0 Å². The van der Waals surface area contributed by atoms with E-state index in [1.54, 1.807) is 0 Å². The molecule has 1 aliphatic rings. The molecule has 0 aromatic rings. The minimum Gasteiger partial charge on any atom is -0.381 e. The Balaban J connectivity index is 2.33. The number of rotatable bonds is 4.